The van der Waals surface area contributed by atoms with Crippen molar-refractivity contribution in [2.24, 2.45) is 0 Å². The fourth-order valence-corrected chi connectivity index (χ4v) is 5.07. The smallest absolute Gasteiger partial charge is 0.335 e. The quantitative estimate of drug-likeness (QED) is 0.604. The van der Waals surface area contributed by atoms with Crippen molar-refractivity contribution in [2.45, 2.75) is 50.7 Å². The van der Waals surface area contributed by atoms with Crippen molar-refractivity contribution in [1.82, 2.24) is 14.3 Å². The highest BCUT2D eigenvalue weighted by Crippen LogP contribution is 2.42. The summed E-state index contributed by atoms with van der Waals surface area (Å²) in [4.78, 5) is 26.3. The maximum atomic E-state index is 12.7. The van der Waals surface area contributed by atoms with E-state index in [1.807, 2.05) is 18.2 Å². The van der Waals surface area contributed by atoms with Gasteiger partial charge >= 0.3 is 11.7 Å². The fourth-order valence-electron chi connectivity index (χ4n) is 4.81. The van der Waals surface area contributed by atoms with Crippen molar-refractivity contribution in [1.29, 1.82) is 0 Å². The van der Waals surface area contributed by atoms with Gasteiger partial charge in [0, 0.05) is 55.0 Å². The average Bonchev–Trinajstić information content (AvgIpc) is 3.42. The van der Waals surface area contributed by atoms with Gasteiger partial charge in [0.05, 0.1) is 0 Å². The molecule has 33 heavy (non-hydrogen) atoms. The van der Waals surface area contributed by atoms with Crippen molar-refractivity contribution in [2.75, 3.05) is 18.0 Å². The van der Waals surface area contributed by atoms with Crippen LogP contribution >= 0.6 is 11.6 Å². The highest BCUT2D eigenvalue weighted by atomic mass is 35.5. The summed E-state index contributed by atoms with van der Waals surface area (Å²) in [6, 6.07) is 6.59. The van der Waals surface area contributed by atoms with Crippen LogP contribution in [0, 0.1) is 0 Å². The minimum absolute atomic E-state index is 0.207. The second kappa shape index (κ2) is 8.30. The number of imidazole rings is 1. The third-order valence-electron chi connectivity index (χ3n) is 6.77. The van der Waals surface area contributed by atoms with Gasteiger partial charge in [-0.05, 0) is 31.4 Å². The van der Waals surface area contributed by atoms with Crippen LogP contribution in [0.15, 0.2) is 46.0 Å². The lowest BCUT2D eigenvalue weighted by atomic mass is 9.83. The molecule has 5 rings (SSSR count). The number of piperidine rings is 1. The minimum atomic E-state index is -1.05. The molecule has 1 spiro atoms. The molecule has 10 heteroatoms. The molecule has 3 aromatic rings. The second-order valence-corrected chi connectivity index (χ2v) is 9.04. The number of ether oxygens (including phenoxy) is 1. The Kier molecular flexibility index (Phi) is 5.44. The van der Waals surface area contributed by atoms with Gasteiger partial charge in [0.25, 0.3) is 0 Å². The molecule has 0 aliphatic carbocycles. The molecule has 174 valence electrons. The van der Waals surface area contributed by atoms with E-state index in [2.05, 4.69) is 10.1 Å². The number of nitrogens with zero attached hydrogens (tertiary/aromatic N) is 4. The first-order chi connectivity index (χ1) is 15.9. The van der Waals surface area contributed by atoms with Crippen molar-refractivity contribution in [3.05, 3.63) is 57.7 Å². The molecule has 0 amide bonds. The third kappa shape index (κ3) is 3.80. The number of hydrogen-bond acceptors (Lipinski definition) is 6. The van der Waals surface area contributed by atoms with Crippen molar-refractivity contribution in [3.63, 3.8) is 0 Å². The summed E-state index contributed by atoms with van der Waals surface area (Å²) >= 11 is 6.32. The number of halogens is 1. The fraction of sp³-hybridized carbons (Fsp3) is 0.435. The molecular weight excluding hydrogens is 448 g/mol. The monoisotopic (exact) mass is 472 g/mol. The van der Waals surface area contributed by atoms with E-state index >= 15 is 0 Å². The van der Waals surface area contributed by atoms with Gasteiger partial charge in [0.15, 0.2) is 5.82 Å². The van der Waals surface area contributed by atoms with Gasteiger partial charge in [-0.15, -0.1) is 0 Å². The van der Waals surface area contributed by atoms with Gasteiger partial charge in [-0.1, -0.05) is 29.7 Å². The van der Waals surface area contributed by atoms with Gasteiger partial charge in [-0.2, -0.15) is 0 Å². The molecule has 9 nitrogen and oxygen atoms in total. The summed E-state index contributed by atoms with van der Waals surface area (Å²) in [7, 11) is 0. The Balaban J connectivity index is 1.29. The van der Waals surface area contributed by atoms with E-state index in [-0.39, 0.29) is 11.5 Å². The topological polar surface area (TPSA) is 103 Å². The molecule has 0 saturated carbocycles. The summed E-state index contributed by atoms with van der Waals surface area (Å²) in [5.41, 5.74) is 0.400. The Morgan fingerprint density at radius 2 is 2.06 bits per heavy atom. The Bertz CT molecular complexity index is 1240. The number of benzene rings is 1. The predicted molar refractivity (Wildman–Crippen MR) is 122 cm³/mol. The minimum Gasteiger partial charge on any atom is -0.487 e. The third-order valence-corrected chi connectivity index (χ3v) is 7.12. The number of aromatic nitrogens is 3. The summed E-state index contributed by atoms with van der Waals surface area (Å²) < 4.78 is 14.3. The Morgan fingerprint density at radius 1 is 1.27 bits per heavy atom. The van der Waals surface area contributed by atoms with Gasteiger partial charge in [-0.3, -0.25) is 4.57 Å². The molecule has 1 unspecified atom stereocenters. The SMILES string of the molecule is CCC(C(=O)O)n1ccn(-c2cc(N3CCC4(CCc5c(Cl)cccc5O4)CC3)no2)c1=O. The number of carbonyl (C=O) groups is 1. The van der Waals surface area contributed by atoms with Crippen molar-refractivity contribution >= 4 is 23.4 Å². The lowest BCUT2D eigenvalue weighted by Gasteiger charge is -2.44. The molecule has 0 radical (unpaired) electrons. The van der Waals surface area contributed by atoms with E-state index in [0.29, 0.717) is 12.2 Å². The van der Waals surface area contributed by atoms with E-state index in [4.69, 9.17) is 20.9 Å². The van der Waals surface area contributed by atoms with Crippen LogP contribution in [0.4, 0.5) is 5.82 Å². The van der Waals surface area contributed by atoms with E-state index in [9.17, 15) is 14.7 Å². The standard InChI is InChI=1S/C23H25ClN4O5/c1-2-17(21(29)30)27-12-13-28(22(27)31)20-14-19(25-33-20)26-10-8-23(9-11-26)7-6-15-16(24)4-3-5-18(15)32-23/h3-5,12-14,17H,2,6-11H2,1H3,(H,29,30). The van der Waals surface area contributed by atoms with E-state index < -0.39 is 17.7 Å². The first kappa shape index (κ1) is 21.6. The van der Waals surface area contributed by atoms with E-state index in [0.717, 1.165) is 55.1 Å². The number of anilines is 1. The maximum Gasteiger partial charge on any atom is 0.335 e. The molecule has 0 bridgehead atoms. The number of carboxylic acid groups (broad SMARTS) is 1. The van der Waals surface area contributed by atoms with E-state index in [1.54, 1.807) is 13.0 Å². The molecule has 1 saturated heterocycles. The number of aliphatic carboxylic acids is 1. The summed E-state index contributed by atoms with van der Waals surface area (Å²) in [5.74, 6) is 0.727. The summed E-state index contributed by atoms with van der Waals surface area (Å²) in [5, 5.41) is 14.3. The maximum absolute atomic E-state index is 12.7. The molecule has 1 fully saturated rings. The van der Waals surface area contributed by atoms with Crippen LogP contribution < -0.4 is 15.3 Å². The van der Waals surface area contributed by atoms with Crippen LogP contribution in [0.5, 0.6) is 5.75 Å². The number of fused-ring (bicyclic) bond motifs is 1. The van der Waals surface area contributed by atoms with Gasteiger partial charge in [0.1, 0.15) is 17.4 Å². The highest BCUT2D eigenvalue weighted by Gasteiger charge is 2.40. The first-order valence-electron chi connectivity index (χ1n) is 11.1. The zero-order chi connectivity index (χ0) is 23.2. The molecule has 1 atom stereocenters. The predicted octanol–water partition coefficient (Wildman–Crippen LogP) is 3.68. The molecule has 2 aromatic heterocycles. The molecule has 4 heterocycles. The Labute approximate surface area is 195 Å². The average molecular weight is 473 g/mol. The zero-order valence-corrected chi connectivity index (χ0v) is 19.0. The van der Waals surface area contributed by atoms with Crippen molar-refractivity contribution in [3.8, 4) is 11.6 Å². The van der Waals surface area contributed by atoms with Crippen LogP contribution in [-0.2, 0) is 11.2 Å². The molecule has 1 aromatic carbocycles. The first-order valence-corrected chi connectivity index (χ1v) is 11.5. The number of hydrogen-bond donors (Lipinski definition) is 1. The van der Waals surface area contributed by atoms with E-state index in [1.165, 1.54) is 21.5 Å². The van der Waals surface area contributed by atoms with Crippen molar-refractivity contribution < 1.29 is 19.2 Å². The number of carboxylic acids is 1. The van der Waals surface area contributed by atoms with Crippen LogP contribution in [0.25, 0.3) is 5.88 Å². The van der Waals surface area contributed by atoms with Gasteiger partial charge < -0.3 is 19.3 Å². The lowest BCUT2D eigenvalue weighted by Crippen LogP contribution is -2.50. The van der Waals surface area contributed by atoms with Gasteiger partial charge in [-0.25, -0.2) is 14.2 Å². The molecule has 1 N–H and O–H groups in total. The largest absolute Gasteiger partial charge is 0.487 e. The summed E-state index contributed by atoms with van der Waals surface area (Å²) in [6.45, 7) is 3.21. The van der Waals surface area contributed by atoms with Crippen LogP contribution in [0.2, 0.25) is 5.02 Å². The lowest BCUT2D eigenvalue weighted by molar-refractivity contribution is -0.141. The molecular formula is C23H25ClN4O5. The normalized spacial score (nSPS) is 18.1. The zero-order valence-electron chi connectivity index (χ0n) is 18.2. The Hall–Kier alpha value is -3.20. The number of rotatable bonds is 5. The molecule has 2 aliphatic heterocycles. The van der Waals surface area contributed by atoms with Crippen LogP contribution in [0.1, 0.15) is 44.2 Å². The van der Waals surface area contributed by atoms with Crippen LogP contribution in [-0.4, -0.2) is 44.1 Å². The Morgan fingerprint density at radius 3 is 2.79 bits per heavy atom. The van der Waals surface area contributed by atoms with Gasteiger partial charge in [0.2, 0.25) is 5.88 Å². The highest BCUT2D eigenvalue weighted by molar-refractivity contribution is 6.31. The summed E-state index contributed by atoms with van der Waals surface area (Å²) in [6.07, 6.45) is 6.77. The second-order valence-electron chi connectivity index (χ2n) is 8.63. The van der Waals surface area contributed by atoms with Crippen LogP contribution in [0.3, 0.4) is 0 Å². The molecule has 2 aliphatic rings.